The maximum absolute atomic E-state index is 12.6. The summed E-state index contributed by atoms with van der Waals surface area (Å²) in [7, 11) is 0. The zero-order chi connectivity index (χ0) is 19.6. The number of nitrogens with zero attached hydrogens (tertiary/aromatic N) is 3. The van der Waals surface area contributed by atoms with Gasteiger partial charge in [-0.05, 0) is 70.9 Å². The van der Waals surface area contributed by atoms with Crippen molar-refractivity contribution in [2.45, 2.75) is 66.2 Å². The van der Waals surface area contributed by atoms with Crippen LogP contribution in [0.4, 0.5) is 4.79 Å². The molecule has 0 aliphatic rings. The maximum Gasteiger partial charge on any atom is 0.410 e. The first-order chi connectivity index (χ1) is 12.3. The van der Waals surface area contributed by atoms with Gasteiger partial charge in [0.05, 0.1) is 12.2 Å². The quantitative estimate of drug-likeness (QED) is 0.644. The Balaban J connectivity index is 2.70. The van der Waals surface area contributed by atoms with Crippen molar-refractivity contribution >= 4 is 6.09 Å². The molecule has 1 aromatic rings. The second-order valence-electron chi connectivity index (χ2n) is 7.50. The third-order valence-corrected chi connectivity index (χ3v) is 4.17. The molecular weight excluding hydrogens is 328 g/mol. The van der Waals surface area contributed by atoms with Crippen LogP contribution < -0.4 is 5.73 Å². The predicted molar refractivity (Wildman–Crippen MR) is 106 cm³/mol. The van der Waals surface area contributed by atoms with Gasteiger partial charge >= 0.3 is 6.09 Å². The number of nitrogens with two attached hydrogens (primary N) is 1. The molecule has 1 amide bonds. The normalized spacial score (nSPS) is 11.7. The highest BCUT2D eigenvalue weighted by molar-refractivity contribution is 5.68. The fourth-order valence-electron chi connectivity index (χ4n) is 2.68. The van der Waals surface area contributed by atoms with E-state index in [9.17, 15) is 4.79 Å². The Hall–Kier alpha value is -1.66. The molecule has 148 valence electrons. The summed E-state index contributed by atoms with van der Waals surface area (Å²) >= 11 is 0. The van der Waals surface area contributed by atoms with Crippen molar-refractivity contribution in [2.75, 3.05) is 26.2 Å². The number of ether oxygens (including phenoxy) is 1. The van der Waals surface area contributed by atoms with Gasteiger partial charge in [-0.15, -0.1) is 0 Å². The number of carbonyl (C=O) groups excluding carboxylic acids is 1. The average Bonchev–Trinajstić information content (AvgIpc) is 2.59. The Morgan fingerprint density at radius 1 is 1.19 bits per heavy atom. The van der Waals surface area contributed by atoms with Crippen LogP contribution >= 0.6 is 0 Å². The highest BCUT2D eigenvalue weighted by atomic mass is 16.6. The van der Waals surface area contributed by atoms with E-state index in [1.54, 1.807) is 11.1 Å². The molecule has 0 aliphatic heterocycles. The highest BCUT2D eigenvalue weighted by Crippen LogP contribution is 2.13. The van der Waals surface area contributed by atoms with Gasteiger partial charge in [0.25, 0.3) is 0 Å². The molecule has 6 nitrogen and oxygen atoms in total. The lowest BCUT2D eigenvalue weighted by Crippen LogP contribution is -2.37. The molecule has 0 atom stereocenters. The Morgan fingerprint density at radius 3 is 2.42 bits per heavy atom. The summed E-state index contributed by atoms with van der Waals surface area (Å²) in [6.45, 7) is 14.7. The predicted octanol–water partition coefficient (Wildman–Crippen LogP) is 3.40. The smallest absolute Gasteiger partial charge is 0.410 e. The minimum absolute atomic E-state index is 0.291. The Labute approximate surface area is 158 Å². The summed E-state index contributed by atoms with van der Waals surface area (Å²) in [4.78, 5) is 21.1. The van der Waals surface area contributed by atoms with Crippen molar-refractivity contribution in [3.63, 3.8) is 0 Å². The minimum atomic E-state index is -0.511. The van der Waals surface area contributed by atoms with Crippen molar-refractivity contribution in [1.29, 1.82) is 0 Å². The van der Waals surface area contributed by atoms with Crippen LogP contribution in [0.25, 0.3) is 0 Å². The van der Waals surface area contributed by atoms with E-state index in [0.717, 1.165) is 43.7 Å². The van der Waals surface area contributed by atoms with Crippen LogP contribution in [0.1, 0.15) is 58.7 Å². The fourth-order valence-corrected chi connectivity index (χ4v) is 2.68. The van der Waals surface area contributed by atoms with E-state index < -0.39 is 5.60 Å². The van der Waals surface area contributed by atoms with Gasteiger partial charge in [-0.25, -0.2) is 4.79 Å². The molecule has 0 aliphatic carbocycles. The summed E-state index contributed by atoms with van der Waals surface area (Å²) in [5.74, 6) is 0. The average molecular weight is 365 g/mol. The summed E-state index contributed by atoms with van der Waals surface area (Å²) in [5, 5.41) is 0. The molecule has 0 saturated heterocycles. The van der Waals surface area contributed by atoms with E-state index in [2.05, 4.69) is 23.7 Å². The molecule has 0 radical (unpaired) electrons. The van der Waals surface area contributed by atoms with Gasteiger partial charge in [-0.1, -0.05) is 13.8 Å². The molecule has 0 fully saturated rings. The van der Waals surface area contributed by atoms with Gasteiger partial charge in [0.2, 0.25) is 0 Å². The Morgan fingerprint density at radius 2 is 1.85 bits per heavy atom. The lowest BCUT2D eigenvalue weighted by molar-refractivity contribution is 0.0227. The minimum Gasteiger partial charge on any atom is -0.444 e. The van der Waals surface area contributed by atoms with E-state index >= 15 is 0 Å². The van der Waals surface area contributed by atoms with Crippen LogP contribution in [0.5, 0.6) is 0 Å². The third-order valence-electron chi connectivity index (χ3n) is 4.17. The molecule has 0 aromatic carbocycles. The van der Waals surface area contributed by atoms with Crippen molar-refractivity contribution < 1.29 is 9.53 Å². The van der Waals surface area contributed by atoms with Crippen molar-refractivity contribution in [3.8, 4) is 0 Å². The second-order valence-corrected chi connectivity index (χ2v) is 7.50. The molecule has 0 saturated carbocycles. The van der Waals surface area contributed by atoms with Gasteiger partial charge in [0.1, 0.15) is 5.60 Å². The maximum atomic E-state index is 12.6. The summed E-state index contributed by atoms with van der Waals surface area (Å²) in [5.41, 5.74) is 7.05. The number of rotatable bonds is 10. The molecule has 1 heterocycles. The number of aromatic nitrogens is 1. The monoisotopic (exact) mass is 364 g/mol. The second kappa shape index (κ2) is 11.1. The van der Waals surface area contributed by atoms with E-state index in [1.165, 1.54) is 0 Å². The number of pyridine rings is 1. The number of hydrogen-bond acceptors (Lipinski definition) is 5. The van der Waals surface area contributed by atoms with Crippen LogP contribution in [0, 0.1) is 0 Å². The van der Waals surface area contributed by atoms with Gasteiger partial charge < -0.3 is 20.3 Å². The summed E-state index contributed by atoms with van der Waals surface area (Å²) < 4.78 is 5.57. The van der Waals surface area contributed by atoms with Crippen LogP contribution in [0.2, 0.25) is 0 Å². The lowest BCUT2D eigenvalue weighted by Gasteiger charge is -2.27. The molecular formula is C20H36N4O2. The first-order valence-corrected chi connectivity index (χ1v) is 9.63. The van der Waals surface area contributed by atoms with E-state index in [-0.39, 0.29) is 6.09 Å². The van der Waals surface area contributed by atoms with Crippen molar-refractivity contribution in [1.82, 2.24) is 14.8 Å². The van der Waals surface area contributed by atoms with Gasteiger partial charge in [-0.3, -0.25) is 4.98 Å². The molecule has 0 bridgehead atoms. The zero-order valence-corrected chi connectivity index (χ0v) is 17.1. The summed E-state index contributed by atoms with van der Waals surface area (Å²) in [6, 6.07) is 3.85. The zero-order valence-electron chi connectivity index (χ0n) is 17.1. The van der Waals surface area contributed by atoms with Crippen LogP contribution in [-0.2, 0) is 17.8 Å². The first kappa shape index (κ1) is 22.4. The van der Waals surface area contributed by atoms with Gasteiger partial charge in [0, 0.05) is 19.3 Å². The lowest BCUT2D eigenvalue weighted by atomic mass is 10.2. The van der Waals surface area contributed by atoms with Crippen LogP contribution in [0.3, 0.4) is 0 Å². The Kier molecular flexibility index (Phi) is 9.59. The van der Waals surface area contributed by atoms with E-state index in [4.69, 9.17) is 10.5 Å². The molecule has 2 N–H and O–H groups in total. The molecule has 6 heteroatoms. The molecule has 1 rings (SSSR count). The summed E-state index contributed by atoms with van der Waals surface area (Å²) in [6.07, 6.45) is 3.44. The fraction of sp³-hybridized carbons (Fsp3) is 0.700. The van der Waals surface area contributed by atoms with Gasteiger partial charge in [-0.2, -0.15) is 0 Å². The number of amides is 1. The number of unbranched alkanes of at least 4 members (excludes halogenated alkanes) is 1. The van der Waals surface area contributed by atoms with E-state index in [1.807, 2.05) is 32.9 Å². The van der Waals surface area contributed by atoms with Crippen LogP contribution in [0.15, 0.2) is 18.3 Å². The largest absolute Gasteiger partial charge is 0.444 e. The SMILES string of the molecule is CCN(CC)CCCCN(Cc1cc(CN)ccn1)C(=O)OC(C)(C)C. The number of carbonyl (C=O) groups is 1. The molecule has 0 spiro atoms. The highest BCUT2D eigenvalue weighted by Gasteiger charge is 2.22. The van der Waals surface area contributed by atoms with Crippen molar-refractivity contribution in [3.05, 3.63) is 29.6 Å². The standard InChI is InChI=1S/C20H36N4O2/c1-6-23(7-2)12-8-9-13-24(19(25)26-20(3,4)5)16-18-14-17(15-21)10-11-22-18/h10-11,14H,6-9,12-13,15-16,21H2,1-5H3. The Bertz CT molecular complexity index is 539. The van der Waals surface area contributed by atoms with Gasteiger partial charge in [0.15, 0.2) is 0 Å². The topological polar surface area (TPSA) is 71.7 Å². The third kappa shape index (κ3) is 8.63. The molecule has 26 heavy (non-hydrogen) atoms. The van der Waals surface area contributed by atoms with Crippen molar-refractivity contribution in [2.24, 2.45) is 5.73 Å². The van der Waals surface area contributed by atoms with E-state index in [0.29, 0.717) is 19.6 Å². The molecule has 0 unspecified atom stereocenters. The number of hydrogen-bond donors (Lipinski definition) is 1. The molecule has 1 aromatic heterocycles. The first-order valence-electron chi connectivity index (χ1n) is 9.63. The van der Waals surface area contributed by atoms with Crippen LogP contribution in [-0.4, -0.2) is 52.7 Å².